The summed E-state index contributed by atoms with van der Waals surface area (Å²) in [5, 5.41) is 19.7. The predicted octanol–water partition coefficient (Wildman–Crippen LogP) is 1.92. The van der Waals surface area contributed by atoms with Gasteiger partial charge >= 0.3 is 6.03 Å². The van der Waals surface area contributed by atoms with E-state index in [0.29, 0.717) is 17.8 Å². The molecule has 32 heavy (non-hydrogen) atoms. The number of aromatic nitrogens is 1. The van der Waals surface area contributed by atoms with Crippen LogP contribution in [0.5, 0.6) is 0 Å². The fourth-order valence-electron chi connectivity index (χ4n) is 4.39. The minimum Gasteiger partial charge on any atom is -0.390 e. The van der Waals surface area contributed by atoms with Crippen molar-refractivity contribution in [2.24, 2.45) is 0 Å². The number of imide groups is 1. The molecule has 2 aliphatic rings. The molecule has 1 saturated heterocycles. The second-order valence-electron chi connectivity index (χ2n) is 8.90. The molecule has 0 bridgehead atoms. The molecule has 0 aliphatic carbocycles. The summed E-state index contributed by atoms with van der Waals surface area (Å²) < 4.78 is 0. The van der Waals surface area contributed by atoms with Crippen LogP contribution in [0.2, 0.25) is 0 Å². The number of carbonyl (C=O) groups excluding carboxylic acids is 2. The van der Waals surface area contributed by atoms with E-state index in [2.05, 4.69) is 22.0 Å². The van der Waals surface area contributed by atoms with Crippen molar-refractivity contribution in [2.45, 2.75) is 45.0 Å². The molecule has 1 atom stereocenters. The first-order valence-electron chi connectivity index (χ1n) is 10.8. The number of hydrogen-bond acceptors (Lipinski definition) is 6. The van der Waals surface area contributed by atoms with Crippen LogP contribution in [0, 0.1) is 11.3 Å². The van der Waals surface area contributed by atoms with Crippen LogP contribution in [-0.2, 0) is 24.3 Å². The summed E-state index contributed by atoms with van der Waals surface area (Å²) in [6, 6.07) is 13.1. The lowest BCUT2D eigenvalue weighted by molar-refractivity contribution is -0.132. The number of fused-ring (bicyclic) bond motifs is 1. The van der Waals surface area contributed by atoms with Crippen molar-refractivity contribution in [3.63, 3.8) is 0 Å². The largest absolute Gasteiger partial charge is 0.390 e. The van der Waals surface area contributed by atoms with E-state index in [4.69, 9.17) is 5.26 Å². The zero-order chi connectivity index (χ0) is 22.9. The van der Waals surface area contributed by atoms with Gasteiger partial charge in [-0.2, -0.15) is 5.26 Å². The maximum atomic E-state index is 13.1. The average Bonchev–Trinajstić information content (AvgIpc) is 2.94. The number of hydrogen-bond donors (Lipinski definition) is 1. The third-order valence-corrected chi connectivity index (χ3v) is 6.25. The smallest absolute Gasteiger partial charge is 0.328 e. The predicted molar refractivity (Wildman–Crippen MR) is 117 cm³/mol. The second-order valence-corrected chi connectivity index (χ2v) is 8.90. The third-order valence-electron chi connectivity index (χ3n) is 6.25. The van der Waals surface area contributed by atoms with E-state index in [1.54, 1.807) is 26.0 Å². The Hall–Kier alpha value is -3.28. The lowest BCUT2D eigenvalue weighted by atomic mass is 9.99. The standard InChI is InChI=1S/C24H27N5O3/c1-24(2)22(31)28(14-20-8-7-17(11-25)12-26-20)23(32)29(24)16-21(30)15-27-10-9-18-5-3-4-6-19(18)13-27/h3-8,12,21,30H,9-10,13-16H2,1-2H3. The first kappa shape index (κ1) is 21.9. The minimum atomic E-state index is -1.06. The SMILES string of the molecule is CC1(C)C(=O)N(Cc2ccc(C#N)cn2)C(=O)N1CC(O)CN1CCc2ccccc2C1. The third kappa shape index (κ3) is 4.22. The van der Waals surface area contributed by atoms with E-state index in [0.717, 1.165) is 24.4 Å². The van der Waals surface area contributed by atoms with Gasteiger partial charge in [-0.3, -0.25) is 19.6 Å². The normalized spacial score (nSPS) is 19.1. The van der Waals surface area contributed by atoms with Crippen LogP contribution in [0.4, 0.5) is 4.79 Å². The Bertz CT molecular complexity index is 1060. The van der Waals surface area contributed by atoms with Crippen molar-refractivity contribution in [2.75, 3.05) is 19.6 Å². The van der Waals surface area contributed by atoms with E-state index in [9.17, 15) is 14.7 Å². The van der Waals surface area contributed by atoms with Gasteiger partial charge in [0.2, 0.25) is 0 Å². The number of pyridine rings is 1. The Balaban J connectivity index is 1.40. The van der Waals surface area contributed by atoms with Crippen molar-refractivity contribution < 1.29 is 14.7 Å². The topological polar surface area (TPSA) is 101 Å². The van der Waals surface area contributed by atoms with Gasteiger partial charge in [0, 0.05) is 25.8 Å². The molecule has 8 nitrogen and oxygen atoms in total. The number of nitrogens with zero attached hydrogens (tertiary/aromatic N) is 5. The van der Waals surface area contributed by atoms with E-state index >= 15 is 0 Å². The molecule has 3 heterocycles. The monoisotopic (exact) mass is 433 g/mol. The molecule has 1 unspecified atom stereocenters. The lowest BCUT2D eigenvalue weighted by Crippen LogP contribution is -2.50. The molecular weight excluding hydrogens is 406 g/mol. The second kappa shape index (κ2) is 8.69. The summed E-state index contributed by atoms with van der Waals surface area (Å²) in [5.74, 6) is -0.326. The molecule has 1 N–H and O–H groups in total. The number of benzene rings is 1. The quantitative estimate of drug-likeness (QED) is 0.699. The Morgan fingerprint density at radius 2 is 1.91 bits per heavy atom. The first-order chi connectivity index (χ1) is 15.3. The van der Waals surface area contributed by atoms with Gasteiger partial charge in [0.25, 0.3) is 5.91 Å². The molecule has 4 rings (SSSR count). The number of nitriles is 1. The highest BCUT2D eigenvalue weighted by atomic mass is 16.3. The molecule has 2 aliphatic heterocycles. The molecule has 0 saturated carbocycles. The van der Waals surface area contributed by atoms with Gasteiger partial charge in [0.05, 0.1) is 30.5 Å². The average molecular weight is 434 g/mol. The van der Waals surface area contributed by atoms with Crippen LogP contribution in [0.15, 0.2) is 42.6 Å². The van der Waals surface area contributed by atoms with Crippen molar-refractivity contribution in [1.82, 2.24) is 19.7 Å². The summed E-state index contributed by atoms with van der Waals surface area (Å²) >= 11 is 0. The van der Waals surface area contributed by atoms with Crippen LogP contribution in [0.1, 0.15) is 36.2 Å². The lowest BCUT2D eigenvalue weighted by Gasteiger charge is -2.33. The van der Waals surface area contributed by atoms with E-state index in [1.807, 2.05) is 18.2 Å². The highest BCUT2D eigenvalue weighted by Gasteiger charge is 2.51. The van der Waals surface area contributed by atoms with Gasteiger partial charge in [0.1, 0.15) is 11.6 Å². The van der Waals surface area contributed by atoms with Gasteiger partial charge in [-0.05, 0) is 43.5 Å². The molecule has 0 spiro atoms. The Labute approximate surface area is 187 Å². The van der Waals surface area contributed by atoms with Gasteiger partial charge in [-0.25, -0.2) is 4.79 Å². The van der Waals surface area contributed by atoms with Crippen LogP contribution >= 0.6 is 0 Å². The highest BCUT2D eigenvalue weighted by molar-refractivity contribution is 6.06. The van der Waals surface area contributed by atoms with E-state index in [-0.39, 0.29) is 19.0 Å². The van der Waals surface area contributed by atoms with Crippen LogP contribution in [0.3, 0.4) is 0 Å². The van der Waals surface area contributed by atoms with Gasteiger partial charge in [-0.1, -0.05) is 24.3 Å². The zero-order valence-electron chi connectivity index (χ0n) is 18.4. The van der Waals surface area contributed by atoms with Crippen LogP contribution in [-0.4, -0.2) is 68.0 Å². The number of amides is 3. The Kier molecular flexibility index (Phi) is 5.96. The number of β-amino-alcohol motifs (C(OH)–C–C–N with tert-alkyl or cyclic N) is 1. The maximum Gasteiger partial charge on any atom is 0.328 e. The minimum absolute atomic E-state index is 0.0301. The van der Waals surface area contributed by atoms with Gasteiger partial charge < -0.3 is 10.0 Å². The van der Waals surface area contributed by atoms with Gasteiger partial charge in [-0.15, -0.1) is 0 Å². The van der Waals surface area contributed by atoms with Crippen molar-refractivity contribution >= 4 is 11.9 Å². The molecule has 1 aromatic heterocycles. The summed E-state index contributed by atoms with van der Waals surface area (Å²) in [4.78, 5) is 35.0. The highest BCUT2D eigenvalue weighted by Crippen LogP contribution is 2.29. The van der Waals surface area contributed by atoms with E-state index < -0.39 is 17.7 Å². The number of carbonyl (C=O) groups is 2. The molecule has 166 valence electrons. The zero-order valence-corrected chi connectivity index (χ0v) is 18.4. The Morgan fingerprint density at radius 1 is 1.16 bits per heavy atom. The summed E-state index contributed by atoms with van der Waals surface area (Å²) in [5.41, 5.74) is 2.49. The van der Waals surface area contributed by atoms with Gasteiger partial charge in [0.15, 0.2) is 0 Å². The molecule has 1 fully saturated rings. The fourth-order valence-corrected chi connectivity index (χ4v) is 4.39. The van der Waals surface area contributed by atoms with Crippen LogP contribution < -0.4 is 0 Å². The molecule has 0 radical (unpaired) electrons. The summed E-state index contributed by atoms with van der Waals surface area (Å²) in [6.45, 7) is 5.54. The summed E-state index contributed by atoms with van der Waals surface area (Å²) in [6.07, 6.45) is 1.58. The number of aliphatic hydroxyl groups excluding tert-OH is 1. The number of rotatable bonds is 6. The molecular formula is C24H27N5O3. The first-order valence-corrected chi connectivity index (χ1v) is 10.8. The molecule has 3 amide bonds. The van der Waals surface area contributed by atoms with Crippen molar-refractivity contribution in [1.29, 1.82) is 5.26 Å². The van der Waals surface area contributed by atoms with Crippen molar-refractivity contribution in [3.05, 3.63) is 65.0 Å². The Morgan fingerprint density at radius 3 is 2.59 bits per heavy atom. The van der Waals surface area contributed by atoms with Crippen molar-refractivity contribution in [3.8, 4) is 6.07 Å². The summed E-state index contributed by atoms with van der Waals surface area (Å²) in [7, 11) is 0. The number of urea groups is 1. The molecule has 2 aromatic rings. The molecule has 1 aromatic carbocycles. The van der Waals surface area contributed by atoms with Crippen LogP contribution in [0.25, 0.3) is 0 Å². The fraction of sp³-hybridized carbons (Fsp3) is 0.417. The number of aliphatic hydroxyl groups is 1. The maximum absolute atomic E-state index is 13.1. The van der Waals surface area contributed by atoms with E-state index in [1.165, 1.54) is 22.2 Å². The molecule has 8 heteroatoms.